The Bertz CT molecular complexity index is 1380. The second-order valence-electron chi connectivity index (χ2n) is 9.46. The summed E-state index contributed by atoms with van der Waals surface area (Å²) >= 11 is 0. The topological polar surface area (TPSA) is 110 Å². The van der Waals surface area contributed by atoms with Crippen LogP contribution in [0.25, 0.3) is 0 Å². The minimum atomic E-state index is -1.62. The zero-order chi connectivity index (χ0) is 30.4. The van der Waals surface area contributed by atoms with Gasteiger partial charge in [-0.05, 0) is 88.9 Å². The molecule has 10 heteroatoms. The highest BCUT2D eigenvalue weighted by Crippen LogP contribution is 2.53. The molecule has 0 aliphatic carbocycles. The van der Waals surface area contributed by atoms with Gasteiger partial charge in [0.1, 0.15) is 11.3 Å². The molecule has 0 amide bonds. The molecular weight excluding hydrogens is 542 g/mol. The first-order valence-electron chi connectivity index (χ1n) is 14.6. The van der Waals surface area contributed by atoms with Gasteiger partial charge in [-0.3, -0.25) is 4.79 Å². The number of carbonyl (C=O) groups is 3. The number of fused-ring (bicyclic) bond motifs is 3. The molecule has 4 rings (SSSR count). The van der Waals surface area contributed by atoms with Crippen molar-refractivity contribution in [3.05, 3.63) is 58.3 Å². The third-order valence-corrected chi connectivity index (χ3v) is 7.14. The molecule has 42 heavy (non-hydrogen) atoms. The maximum atomic E-state index is 14.9. The molecule has 2 aromatic rings. The molecule has 2 heterocycles. The molecule has 2 aliphatic rings. The Balaban J connectivity index is 2.09. The second-order valence-corrected chi connectivity index (χ2v) is 9.46. The van der Waals surface area contributed by atoms with E-state index in [1.54, 1.807) is 43.0 Å². The number of ether oxygens (including phenoxy) is 6. The predicted octanol–water partition coefficient (Wildman–Crippen LogP) is 4.35. The highest BCUT2D eigenvalue weighted by molar-refractivity contribution is 6.28. The third-order valence-electron chi connectivity index (χ3n) is 7.14. The molecule has 2 aliphatic heterocycles. The van der Waals surface area contributed by atoms with Crippen molar-refractivity contribution in [1.82, 2.24) is 4.90 Å². The predicted molar refractivity (Wildman–Crippen MR) is 154 cm³/mol. The van der Waals surface area contributed by atoms with Crippen LogP contribution in [0.4, 0.5) is 0 Å². The van der Waals surface area contributed by atoms with Crippen LogP contribution < -0.4 is 18.9 Å². The first-order valence-corrected chi connectivity index (χ1v) is 14.6. The number of hydrogen-bond acceptors (Lipinski definition) is 10. The fourth-order valence-electron chi connectivity index (χ4n) is 5.70. The number of ketones is 1. The van der Waals surface area contributed by atoms with Gasteiger partial charge in [0.05, 0.1) is 39.6 Å². The highest BCUT2D eigenvalue weighted by Gasteiger charge is 2.61. The van der Waals surface area contributed by atoms with Gasteiger partial charge in [0, 0.05) is 6.54 Å². The molecule has 0 spiro atoms. The van der Waals surface area contributed by atoms with E-state index in [2.05, 4.69) is 0 Å². The largest absolute Gasteiger partial charge is 0.490 e. The number of Topliss-reactive ketones (excluding diaryl/α,β-unsaturated/α-hetero) is 1. The molecule has 2 aromatic carbocycles. The van der Waals surface area contributed by atoms with E-state index < -0.39 is 23.3 Å². The lowest BCUT2D eigenvalue weighted by atomic mass is 9.73. The van der Waals surface area contributed by atoms with Gasteiger partial charge in [0.2, 0.25) is 5.78 Å². The van der Waals surface area contributed by atoms with Crippen LogP contribution >= 0.6 is 0 Å². The number of esters is 2. The number of rotatable bonds is 13. The summed E-state index contributed by atoms with van der Waals surface area (Å²) in [5.41, 5.74) is -0.199. The van der Waals surface area contributed by atoms with Crippen molar-refractivity contribution in [2.45, 2.75) is 53.5 Å². The van der Waals surface area contributed by atoms with Crippen molar-refractivity contribution in [3.63, 3.8) is 0 Å². The summed E-state index contributed by atoms with van der Waals surface area (Å²) in [5, 5.41) is 0. The normalized spacial score (nSPS) is 17.4. The van der Waals surface area contributed by atoms with E-state index in [0.717, 1.165) is 5.56 Å². The van der Waals surface area contributed by atoms with Crippen molar-refractivity contribution in [2.24, 2.45) is 0 Å². The van der Waals surface area contributed by atoms with E-state index in [0.29, 0.717) is 67.0 Å². The Hall–Kier alpha value is -4.21. The number of benzene rings is 2. The molecule has 0 aromatic heterocycles. The molecule has 0 saturated heterocycles. The third kappa shape index (κ3) is 5.14. The van der Waals surface area contributed by atoms with Gasteiger partial charge in [0.15, 0.2) is 28.5 Å². The fourth-order valence-corrected chi connectivity index (χ4v) is 5.70. The zero-order valence-electron chi connectivity index (χ0n) is 25.2. The van der Waals surface area contributed by atoms with Crippen LogP contribution in [0.1, 0.15) is 58.2 Å². The number of nitrogens with zero attached hydrogens (tertiary/aromatic N) is 1. The molecule has 226 valence electrons. The van der Waals surface area contributed by atoms with Crippen LogP contribution in [0.2, 0.25) is 0 Å². The van der Waals surface area contributed by atoms with E-state index in [1.807, 2.05) is 33.8 Å². The monoisotopic (exact) mass is 581 g/mol. The second kappa shape index (κ2) is 13.2. The summed E-state index contributed by atoms with van der Waals surface area (Å²) in [4.78, 5) is 43.4. The highest BCUT2D eigenvalue weighted by atomic mass is 16.5. The Labute approximate surface area is 246 Å². The van der Waals surface area contributed by atoms with Crippen molar-refractivity contribution in [2.75, 3.05) is 46.2 Å². The molecule has 0 N–H and O–H groups in total. The van der Waals surface area contributed by atoms with Crippen LogP contribution in [0, 0.1) is 0 Å². The van der Waals surface area contributed by atoms with Crippen LogP contribution in [-0.4, -0.2) is 68.8 Å². The molecule has 0 fully saturated rings. The first-order chi connectivity index (χ1) is 20.3. The molecular formula is C32H39NO9. The van der Waals surface area contributed by atoms with Gasteiger partial charge in [-0.25, -0.2) is 9.59 Å². The average molecular weight is 582 g/mol. The summed E-state index contributed by atoms with van der Waals surface area (Å²) in [6.45, 7) is 12.7. The fraction of sp³-hybridized carbons (Fsp3) is 0.469. The lowest BCUT2D eigenvalue weighted by Gasteiger charge is -2.45. The quantitative estimate of drug-likeness (QED) is 0.250. The van der Waals surface area contributed by atoms with Gasteiger partial charge in [0.25, 0.3) is 0 Å². The summed E-state index contributed by atoms with van der Waals surface area (Å²) in [5.74, 6) is -0.298. The van der Waals surface area contributed by atoms with Crippen LogP contribution in [0.15, 0.2) is 41.6 Å². The minimum absolute atomic E-state index is 0.0268. The Kier molecular flexibility index (Phi) is 9.65. The Morgan fingerprint density at radius 3 is 1.86 bits per heavy atom. The van der Waals surface area contributed by atoms with Gasteiger partial charge >= 0.3 is 11.9 Å². The first kappa shape index (κ1) is 30.7. The molecule has 0 saturated carbocycles. The standard InChI is InChI=1S/C32H39NO9/c1-7-37-23-14-13-21(18-25(23)39-9-3)32-22-19-26(40-10-4)24(38-8-2)17-20(22)15-16-33(32)28(31(36)42-12-6)27(29(32)34)30(35)41-11-5/h13-14,17-19H,7-12,15-16H2,1-6H3. The van der Waals surface area contributed by atoms with Gasteiger partial charge in [-0.15, -0.1) is 0 Å². The van der Waals surface area contributed by atoms with Crippen LogP contribution in [0.5, 0.6) is 23.0 Å². The van der Waals surface area contributed by atoms with Crippen molar-refractivity contribution in [3.8, 4) is 23.0 Å². The molecule has 10 nitrogen and oxygen atoms in total. The zero-order valence-corrected chi connectivity index (χ0v) is 25.2. The van der Waals surface area contributed by atoms with E-state index >= 15 is 0 Å². The van der Waals surface area contributed by atoms with Crippen LogP contribution in [-0.2, 0) is 35.8 Å². The lowest BCUT2D eigenvalue weighted by Crippen LogP contribution is -2.52. The summed E-state index contributed by atoms with van der Waals surface area (Å²) in [6, 6.07) is 8.90. The minimum Gasteiger partial charge on any atom is -0.490 e. The summed E-state index contributed by atoms with van der Waals surface area (Å²) in [7, 11) is 0. The SMILES string of the molecule is CCOC(=O)C1=C(C(=O)OCC)N2CCc3cc(OCC)c(OCC)cc3C2(c2ccc(OCC)c(OCC)c2)C1=O. The molecule has 0 radical (unpaired) electrons. The maximum absolute atomic E-state index is 14.9. The maximum Gasteiger partial charge on any atom is 0.355 e. The summed E-state index contributed by atoms with van der Waals surface area (Å²) in [6.07, 6.45) is 0.463. The van der Waals surface area contributed by atoms with E-state index in [-0.39, 0.29) is 31.0 Å². The van der Waals surface area contributed by atoms with E-state index in [4.69, 9.17) is 28.4 Å². The lowest BCUT2D eigenvalue weighted by molar-refractivity contribution is -0.143. The van der Waals surface area contributed by atoms with Gasteiger partial charge < -0.3 is 33.3 Å². The van der Waals surface area contributed by atoms with E-state index in [1.165, 1.54) is 0 Å². The smallest absolute Gasteiger partial charge is 0.355 e. The van der Waals surface area contributed by atoms with Gasteiger partial charge in [-0.1, -0.05) is 6.07 Å². The van der Waals surface area contributed by atoms with Crippen molar-refractivity contribution < 1.29 is 42.8 Å². The summed E-state index contributed by atoms with van der Waals surface area (Å²) < 4.78 is 34.3. The Morgan fingerprint density at radius 1 is 0.714 bits per heavy atom. The molecule has 1 unspecified atom stereocenters. The number of hydrogen-bond donors (Lipinski definition) is 0. The average Bonchev–Trinajstić information content (AvgIpc) is 3.24. The van der Waals surface area contributed by atoms with E-state index in [9.17, 15) is 14.4 Å². The van der Waals surface area contributed by atoms with Crippen LogP contribution in [0.3, 0.4) is 0 Å². The van der Waals surface area contributed by atoms with Gasteiger partial charge in [-0.2, -0.15) is 0 Å². The van der Waals surface area contributed by atoms with Crippen molar-refractivity contribution >= 4 is 17.7 Å². The van der Waals surface area contributed by atoms with Crippen molar-refractivity contribution in [1.29, 1.82) is 0 Å². The molecule has 0 bridgehead atoms. The Morgan fingerprint density at radius 2 is 1.26 bits per heavy atom. The number of carbonyl (C=O) groups excluding carboxylic acids is 3. The molecule has 1 atom stereocenters.